The molecule has 84 valence electrons. The molecule has 1 aromatic heterocycles. The van der Waals surface area contributed by atoms with Crippen LogP contribution < -0.4 is 5.32 Å². The summed E-state index contributed by atoms with van der Waals surface area (Å²) in [6, 6.07) is 5.96. The van der Waals surface area contributed by atoms with E-state index in [2.05, 4.69) is 42.9 Å². The summed E-state index contributed by atoms with van der Waals surface area (Å²) in [6.45, 7) is 4.44. The lowest BCUT2D eigenvalue weighted by Gasteiger charge is -2.31. The first-order valence-corrected chi connectivity index (χ1v) is 6.04. The zero-order valence-electron chi connectivity index (χ0n) is 10.1. The molecular weight excluding hydrogens is 184 g/mol. The Morgan fingerprint density at radius 2 is 1.60 bits per heavy atom. The van der Waals surface area contributed by atoms with Gasteiger partial charge in [0.05, 0.1) is 0 Å². The van der Waals surface area contributed by atoms with Gasteiger partial charge < -0.3 is 9.88 Å². The summed E-state index contributed by atoms with van der Waals surface area (Å²) in [4.78, 5) is 0. The summed E-state index contributed by atoms with van der Waals surface area (Å²) < 4.78 is 2.52. The van der Waals surface area contributed by atoms with Crippen molar-refractivity contribution < 1.29 is 0 Å². The first-order chi connectivity index (χ1) is 7.22. The molecule has 0 aliphatic heterocycles. The molecule has 0 spiro atoms. The van der Waals surface area contributed by atoms with Gasteiger partial charge in [-0.3, -0.25) is 0 Å². The Labute approximate surface area is 92.7 Å². The number of nitrogens with zero attached hydrogens (tertiary/aromatic N) is 1. The molecule has 2 heteroatoms. The molecule has 1 aromatic rings. The second-order valence-corrected chi connectivity index (χ2v) is 4.78. The average molecular weight is 206 g/mol. The lowest BCUT2D eigenvalue weighted by Crippen LogP contribution is -2.31. The van der Waals surface area contributed by atoms with Crippen molar-refractivity contribution in [1.82, 2.24) is 9.88 Å². The minimum atomic E-state index is 0.740. The van der Waals surface area contributed by atoms with Crippen molar-refractivity contribution in [2.24, 2.45) is 0 Å². The summed E-state index contributed by atoms with van der Waals surface area (Å²) in [5.41, 5.74) is 2.83. The van der Waals surface area contributed by atoms with E-state index >= 15 is 0 Å². The maximum Gasteiger partial charge on any atom is 0.0336 e. The topological polar surface area (TPSA) is 17.0 Å². The van der Waals surface area contributed by atoms with Crippen LogP contribution in [0.3, 0.4) is 0 Å². The van der Waals surface area contributed by atoms with E-state index in [9.17, 15) is 0 Å². The molecule has 0 atom stereocenters. The third-order valence-electron chi connectivity index (χ3n) is 3.80. The van der Waals surface area contributed by atoms with Crippen LogP contribution in [0.25, 0.3) is 0 Å². The zero-order valence-corrected chi connectivity index (χ0v) is 10.1. The van der Waals surface area contributed by atoms with Gasteiger partial charge in [0.1, 0.15) is 0 Å². The van der Waals surface area contributed by atoms with Crippen molar-refractivity contribution in [2.45, 2.75) is 51.6 Å². The fraction of sp³-hybridized carbons (Fsp3) is 0.692. The highest BCUT2D eigenvalue weighted by molar-refractivity contribution is 5.15. The van der Waals surface area contributed by atoms with E-state index < -0.39 is 0 Å². The van der Waals surface area contributed by atoms with Crippen molar-refractivity contribution in [3.8, 4) is 0 Å². The fourth-order valence-corrected chi connectivity index (χ4v) is 2.88. The van der Waals surface area contributed by atoms with Gasteiger partial charge in [-0.1, -0.05) is 0 Å². The first kappa shape index (κ1) is 10.7. The molecule has 2 rings (SSSR count). The summed E-state index contributed by atoms with van der Waals surface area (Å²) in [6.07, 6.45) is 5.28. The van der Waals surface area contributed by atoms with Gasteiger partial charge in [0.15, 0.2) is 0 Å². The SMILES string of the molecule is CNC1CCC(n2c(C)ccc2C)CC1. The molecule has 0 unspecified atom stereocenters. The Bertz CT molecular complexity index is 300. The number of nitrogens with one attached hydrogen (secondary N) is 1. The van der Waals surface area contributed by atoms with Crippen LogP contribution in [0.4, 0.5) is 0 Å². The molecule has 1 aliphatic rings. The largest absolute Gasteiger partial charge is 0.346 e. The number of rotatable bonds is 2. The highest BCUT2D eigenvalue weighted by Crippen LogP contribution is 2.30. The average Bonchev–Trinajstić information content (AvgIpc) is 2.59. The van der Waals surface area contributed by atoms with E-state index in [-0.39, 0.29) is 0 Å². The molecular formula is C13H22N2. The predicted octanol–water partition coefficient (Wildman–Crippen LogP) is 2.81. The van der Waals surface area contributed by atoms with Crippen LogP contribution in [-0.4, -0.2) is 17.7 Å². The molecule has 0 saturated heterocycles. The van der Waals surface area contributed by atoms with E-state index in [1.807, 2.05) is 0 Å². The normalized spacial score (nSPS) is 26.9. The summed E-state index contributed by atoms with van der Waals surface area (Å²) >= 11 is 0. The Balaban J connectivity index is 2.07. The molecule has 1 saturated carbocycles. The van der Waals surface area contributed by atoms with Crippen LogP contribution in [0.2, 0.25) is 0 Å². The molecule has 0 bridgehead atoms. The quantitative estimate of drug-likeness (QED) is 0.787. The third kappa shape index (κ3) is 2.10. The summed E-state index contributed by atoms with van der Waals surface area (Å²) in [5, 5.41) is 3.39. The Morgan fingerprint density at radius 1 is 1.07 bits per heavy atom. The van der Waals surface area contributed by atoms with Crippen LogP contribution in [-0.2, 0) is 0 Å². The summed E-state index contributed by atoms with van der Waals surface area (Å²) in [5.74, 6) is 0. The maximum absolute atomic E-state index is 3.39. The first-order valence-electron chi connectivity index (χ1n) is 6.04. The van der Waals surface area contributed by atoms with Gasteiger partial charge in [0, 0.05) is 23.5 Å². The summed E-state index contributed by atoms with van der Waals surface area (Å²) in [7, 11) is 2.08. The van der Waals surface area contributed by atoms with Gasteiger partial charge in [0.2, 0.25) is 0 Å². The standard InChI is InChI=1S/C13H22N2/c1-10-4-5-11(2)15(10)13-8-6-12(14-3)7-9-13/h4-5,12-14H,6-9H2,1-3H3. The minimum absolute atomic E-state index is 0.740. The smallest absolute Gasteiger partial charge is 0.0336 e. The van der Waals surface area contributed by atoms with Gasteiger partial charge >= 0.3 is 0 Å². The van der Waals surface area contributed by atoms with Crippen molar-refractivity contribution in [3.63, 3.8) is 0 Å². The van der Waals surface area contributed by atoms with Gasteiger partial charge in [-0.25, -0.2) is 0 Å². The van der Waals surface area contributed by atoms with E-state index in [0.29, 0.717) is 0 Å². The second kappa shape index (κ2) is 4.40. The van der Waals surface area contributed by atoms with Crippen molar-refractivity contribution in [3.05, 3.63) is 23.5 Å². The molecule has 0 amide bonds. The van der Waals surface area contributed by atoms with E-state index in [0.717, 1.165) is 12.1 Å². The lowest BCUT2D eigenvalue weighted by atomic mass is 9.91. The van der Waals surface area contributed by atoms with Crippen LogP contribution in [0, 0.1) is 13.8 Å². The molecule has 1 fully saturated rings. The molecule has 1 aliphatic carbocycles. The monoisotopic (exact) mass is 206 g/mol. The van der Waals surface area contributed by atoms with Crippen LogP contribution in [0.15, 0.2) is 12.1 Å². The second-order valence-electron chi connectivity index (χ2n) is 4.78. The van der Waals surface area contributed by atoms with E-state index in [1.165, 1.54) is 37.1 Å². The Morgan fingerprint density at radius 3 is 2.07 bits per heavy atom. The molecule has 0 radical (unpaired) electrons. The van der Waals surface area contributed by atoms with Crippen LogP contribution in [0.1, 0.15) is 43.1 Å². The highest BCUT2D eigenvalue weighted by Gasteiger charge is 2.22. The zero-order chi connectivity index (χ0) is 10.8. The van der Waals surface area contributed by atoms with Crippen molar-refractivity contribution in [1.29, 1.82) is 0 Å². The molecule has 2 nitrogen and oxygen atoms in total. The van der Waals surface area contributed by atoms with Crippen LogP contribution >= 0.6 is 0 Å². The number of aryl methyl sites for hydroxylation is 2. The van der Waals surface area contributed by atoms with Gasteiger partial charge in [0.25, 0.3) is 0 Å². The number of aromatic nitrogens is 1. The maximum atomic E-state index is 3.39. The molecule has 1 N–H and O–H groups in total. The van der Waals surface area contributed by atoms with Gasteiger partial charge in [-0.05, 0) is 58.7 Å². The van der Waals surface area contributed by atoms with Gasteiger partial charge in [-0.2, -0.15) is 0 Å². The van der Waals surface area contributed by atoms with Crippen molar-refractivity contribution in [2.75, 3.05) is 7.05 Å². The van der Waals surface area contributed by atoms with Crippen LogP contribution in [0.5, 0.6) is 0 Å². The number of hydrogen-bond donors (Lipinski definition) is 1. The number of hydrogen-bond acceptors (Lipinski definition) is 1. The fourth-order valence-electron chi connectivity index (χ4n) is 2.88. The Hall–Kier alpha value is -0.760. The predicted molar refractivity (Wildman–Crippen MR) is 64.3 cm³/mol. The van der Waals surface area contributed by atoms with Crippen molar-refractivity contribution >= 4 is 0 Å². The molecule has 15 heavy (non-hydrogen) atoms. The lowest BCUT2D eigenvalue weighted by molar-refractivity contribution is 0.296. The third-order valence-corrected chi connectivity index (χ3v) is 3.80. The highest BCUT2D eigenvalue weighted by atomic mass is 15.0. The minimum Gasteiger partial charge on any atom is -0.346 e. The van der Waals surface area contributed by atoms with E-state index in [1.54, 1.807) is 0 Å². The molecule has 0 aromatic carbocycles. The Kier molecular flexibility index (Phi) is 3.15. The van der Waals surface area contributed by atoms with Gasteiger partial charge in [-0.15, -0.1) is 0 Å². The molecule has 1 heterocycles. The van der Waals surface area contributed by atoms with E-state index in [4.69, 9.17) is 0 Å².